The molecule has 0 aliphatic carbocycles. The first-order valence-corrected chi connectivity index (χ1v) is 6.21. The highest BCUT2D eigenvalue weighted by molar-refractivity contribution is 5.18. The van der Waals surface area contributed by atoms with Crippen LogP contribution in [0.1, 0.15) is 25.5 Å². The van der Waals surface area contributed by atoms with Crippen molar-refractivity contribution in [1.29, 1.82) is 0 Å². The van der Waals surface area contributed by atoms with Gasteiger partial charge in [-0.25, -0.2) is 0 Å². The Morgan fingerprint density at radius 3 is 2.53 bits per heavy atom. The third kappa shape index (κ3) is 5.82. The molecule has 96 valence electrons. The van der Waals surface area contributed by atoms with Crippen molar-refractivity contribution >= 4 is 0 Å². The Morgan fingerprint density at radius 1 is 1.24 bits per heavy atom. The Morgan fingerprint density at radius 2 is 1.94 bits per heavy atom. The maximum Gasteiger partial charge on any atom is 0.0626 e. The lowest BCUT2D eigenvalue weighted by atomic mass is 10.1. The lowest BCUT2D eigenvalue weighted by molar-refractivity contribution is 0.107. The maximum atomic E-state index is 9.32. The molecule has 1 aromatic rings. The summed E-state index contributed by atoms with van der Waals surface area (Å²) in [5, 5.41) is 12.6. The fraction of sp³-hybridized carbons (Fsp3) is 0.571. The molecule has 0 saturated carbocycles. The van der Waals surface area contributed by atoms with Gasteiger partial charge in [0.1, 0.15) is 0 Å². The summed E-state index contributed by atoms with van der Waals surface area (Å²) < 4.78 is 5.48. The van der Waals surface area contributed by atoms with Gasteiger partial charge in [-0.1, -0.05) is 44.2 Å². The topological polar surface area (TPSA) is 41.5 Å². The Labute approximate surface area is 104 Å². The molecule has 17 heavy (non-hydrogen) atoms. The number of hydrogen-bond donors (Lipinski definition) is 2. The van der Waals surface area contributed by atoms with Gasteiger partial charge in [0.25, 0.3) is 0 Å². The molecule has 0 saturated heterocycles. The second kappa shape index (κ2) is 8.23. The highest BCUT2D eigenvalue weighted by Crippen LogP contribution is 2.10. The summed E-state index contributed by atoms with van der Waals surface area (Å²) in [5.74, 6) is 0.567. The molecule has 0 aliphatic heterocycles. The standard InChI is InChI=1S/C14H23NO2/c1-12(2)11-17-9-8-15-14(10-16)13-6-4-3-5-7-13/h3-7,12,14-16H,8-11H2,1-2H3. The smallest absolute Gasteiger partial charge is 0.0626 e. The van der Waals surface area contributed by atoms with Crippen LogP contribution in [0, 0.1) is 5.92 Å². The van der Waals surface area contributed by atoms with E-state index in [2.05, 4.69) is 19.2 Å². The number of ether oxygens (including phenoxy) is 1. The van der Waals surface area contributed by atoms with Gasteiger partial charge in [-0.2, -0.15) is 0 Å². The minimum Gasteiger partial charge on any atom is -0.394 e. The Balaban J connectivity index is 2.24. The van der Waals surface area contributed by atoms with E-state index in [9.17, 15) is 5.11 Å². The summed E-state index contributed by atoms with van der Waals surface area (Å²) in [5.41, 5.74) is 1.11. The third-order valence-corrected chi connectivity index (χ3v) is 2.47. The SMILES string of the molecule is CC(C)COCCNC(CO)c1ccccc1. The number of aliphatic hydroxyl groups excluding tert-OH is 1. The number of hydrogen-bond acceptors (Lipinski definition) is 3. The van der Waals surface area contributed by atoms with E-state index in [1.165, 1.54) is 0 Å². The highest BCUT2D eigenvalue weighted by Gasteiger charge is 2.08. The largest absolute Gasteiger partial charge is 0.394 e. The van der Waals surface area contributed by atoms with Gasteiger partial charge in [-0.05, 0) is 11.5 Å². The molecule has 3 nitrogen and oxygen atoms in total. The van der Waals surface area contributed by atoms with E-state index in [1.807, 2.05) is 30.3 Å². The number of aliphatic hydroxyl groups is 1. The van der Waals surface area contributed by atoms with Gasteiger partial charge in [0.15, 0.2) is 0 Å². The van der Waals surface area contributed by atoms with Gasteiger partial charge in [-0.3, -0.25) is 0 Å². The molecule has 0 heterocycles. The molecule has 1 unspecified atom stereocenters. The lowest BCUT2D eigenvalue weighted by Crippen LogP contribution is -2.28. The molecule has 0 spiro atoms. The van der Waals surface area contributed by atoms with Gasteiger partial charge in [0.05, 0.1) is 19.3 Å². The van der Waals surface area contributed by atoms with Crippen molar-refractivity contribution in [3.8, 4) is 0 Å². The zero-order valence-electron chi connectivity index (χ0n) is 10.7. The average Bonchev–Trinajstić information content (AvgIpc) is 2.34. The van der Waals surface area contributed by atoms with Gasteiger partial charge < -0.3 is 15.2 Å². The van der Waals surface area contributed by atoms with E-state index in [-0.39, 0.29) is 12.6 Å². The molecule has 0 fully saturated rings. The first-order valence-electron chi connectivity index (χ1n) is 6.21. The van der Waals surface area contributed by atoms with Crippen molar-refractivity contribution in [2.24, 2.45) is 5.92 Å². The Bertz CT molecular complexity index is 288. The van der Waals surface area contributed by atoms with Crippen molar-refractivity contribution in [3.05, 3.63) is 35.9 Å². The van der Waals surface area contributed by atoms with Crippen LogP contribution in [0.3, 0.4) is 0 Å². The summed E-state index contributed by atoms with van der Waals surface area (Å²) in [7, 11) is 0. The van der Waals surface area contributed by atoms with Crippen LogP contribution in [0.4, 0.5) is 0 Å². The van der Waals surface area contributed by atoms with E-state index in [4.69, 9.17) is 4.74 Å². The normalized spacial score (nSPS) is 12.9. The summed E-state index contributed by atoms with van der Waals surface area (Å²) >= 11 is 0. The molecule has 1 rings (SSSR count). The van der Waals surface area contributed by atoms with Crippen molar-refractivity contribution < 1.29 is 9.84 Å². The van der Waals surface area contributed by atoms with Crippen LogP contribution in [-0.4, -0.2) is 31.5 Å². The minimum absolute atomic E-state index is 0.00106. The number of benzene rings is 1. The van der Waals surface area contributed by atoms with E-state index < -0.39 is 0 Å². The fourth-order valence-electron chi connectivity index (χ4n) is 1.60. The van der Waals surface area contributed by atoms with E-state index in [0.717, 1.165) is 18.7 Å². The Hall–Kier alpha value is -0.900. The lowest BCUT2D eigenvalue weighted by Gasteiger charge is -2.17. The minimum atomic E-state index is -0.00106. The first-order chi connectivity index (χ1) is 8.24. The predicted octanol–water partition coefficient (Wildman–Crippen LogP) is 1.98. The van der Waals surface area contributed by atoms with Crippen LogP contribution in [-0.2, 0) is 4.74 Å². The summed E-state index contributed by atoms with van der Waals surface area (Å²) in [4.78, 5) is 0. The average molecular weight is 237 g/mol. The van der Waals surface area contributed by atoms with E-state index >= 15 is 0 Å². The van der Waals surface area contributed by atoms with Crippen LogP contribution >= 0.6 is 0 Å². The zero-order valence-corrected chi connectivity index (χ0v) is 10.7. The summed E-state index contributed by atoms with van der Waals surface area (Å²) in [6, 6.07) is 9.97. The number of rotatable bonds is 8. The molecular weight excluding hydrogens is 214 g/mol. The van der Waals surface area contributed by atoms with Crippen LogP contribution < -0.4 is 5.32 Å². The molecular formula is C14H23NO2. The molecule has 0 aromatic heterocycles. The van der Waals surface area contributed by atoms with Crippen molar-refractivity contribution in [3.63, 3.8) is 0 Å². The van der Waals surface area contributed by atoms with Crippen LogP contribution in [0.2, 0.25) is 0 Å². The quantitative estimate of drug-likeness (QED) is 0.679. The van der Waals surface area contributed by atoms with E-state index in [1.54, 1.807) is 0 Å². The second-order valence-electron chi connectivity index (χ2n) is 4.57. The fourth-order valence-corrected chi connectivity index (χ4v) is 1.60. The molecule has 0 radical (unpaired) electrons. The maximum absolute atomic E-state index is 9.32. The zero-order chi connectivity index (χ0) is 12.5. The third-order valence-electron chi connectivity index (χ3n) is 2.47. The first kappa shape index (κ1) is 14.2. The Kier molecular flexibility index (Phi) is 6.86. The monoisotopic (exact) mass is 237 g/mol. The van der Waals surface area contributed by atoms with Gasteiger partial charge in [0.2, 0.25) is 0 Å². The molecule has 2 N–H and O–H groups in total. The van der Waals surface area contributed by atoms with Gasteiger partial charge in [0, 0.05) is 13.2 Å². The van der Waals surface area contributed by atoms with Gasteiger partial charge in [-0.15, -0.1) is 0 Å². The highest BCUT2D eigenvalue weighted by atomic mass is 16.5. The second-order valence-corrected chi connectivity index (χ2v) is 4.57. The van der Waals surface area contributed by atoms with Crippen LogP contribution in [0.25, 0.3) is 0 Å². The van der Waals surface area contributed by atoms with Crippen molar-refractivity contribution in [2.75, 3.05) is 26.4 Å². The molecule has 0 aliphatic rings. The molecule has 0 amide bonds. The molecule has 1 aromatic carbocycles. The molecule has 0 bridgehead atoms. The predicted molar refractivity (Wildman–Crippen MR) is 69.9 cm³/mol. The summed E-state index contributed by atoms with van der Waals surface area (Å²) in [6.45, 7) is 6.60. The van der Waals surface area contributed by atoms with Crippen LogP contribution in [0.15, 0.2) is 30.3 Å². The molecule has 3 heteroatoms. The summed E-state index contributed by atoms with van der Waals surface area (Å²) in [6.07, 6.45) is 0. The van der Waals surface area contributed by atoms with Crippen molar-refractivity contribution in [2.45, 2.75) is 19.9 Å². The molecule has 1 atom stereocenters. The van der Waals surface area contributed by atoms with E-state index in [0.29, 0.717) is 12.5 Å². The van der Waals surface area contributed by atoms with Crippen LogP contribution in [0.5, 0.6) is 0 Å². The van der Waals surface area contributed by atoms with Crippen molar-refractivity contribution in [1.82, 2.24) is 5.32 Å². The van der Waals surface area contributed by atoms with Gasteiger partial charge >= 0.3 is 0 Å². The number of nitrogens with one attached hydrogen (secondary N) is 1.